The highest BCUT2D eigenvalue weighted by atomic mass is 16.5. The SMILES string of the molecule is COCC(CN)n1cnc2ccccc21. The quantitative estimate of drug-likeness (QED) is 0.815. The van der Waals surface area contributed by atoms with Gasteiger partial charge in [0.05, 0.1) is 30.0 Å². The summed E-state index contributed by atoms with van der Waals surface area (Å²) in [6, 6.07) is 8.17. The Bertz CT molecular complexity index is 438. The summed E-state index contributed by atoms with van der Waals surface area (Å²) in [6.45, 7) is 1.16. The summed E-state index contributed by atoms with van der Waals surface area (Å²) < 4.78 is 7.21. The maximum absolute atomic E-state index is 5.71. The molecular weight excluding hydrogens is 190 g/mol. The standard InChI is InChI=1S/C11H15N3O/c1-15-7-9(6-12)14-8-13-10-4-2-3-5-11(10)14/h2-5,8-9H,6-7,12H2,1H3. The molecule has 0 fully saturated rings. The third-order valence-corrected chi connectivity index (χ3v) is 2.51. The first-order valence-corrected chi connectivity index (χ1v) is 4.97. The van der Waals surface area contributed by atoms with E-state index in [-0.39, 0.29) is 6.04 Å². The van der Waals surface area contributed by atoms with Gasteiger partial charge in [-0.15, -0.1) is 0 Å². The molecule has 2 aromatic rings. The number of hydrogen-bond donors (Lipinski definition) is 1. The molecule has 80 valence electrons. The maximum Gasteiger partial charge on any atom is 0.0962 e. The van der Waals surface area contributed by atoms with Gasteiger partial charge < -0.3 is 15.0 Å². The minimum atomic E-state index is 0.155. The van der Waals surface area contributed by atoms with Crippen LogP contribution in [0.15, 0.2) is 30.6 Å². The third-order valence-electron chi connectivity index (χ3n) is 2.51. The van der Waals surface area contributed by atoms with E-state index in [1.807, 2.05) is 30.6 Å². The van der Waals surface area contributed by atoms with Crippen molar-refractivity contribution in [3.8, 4) is 0 Å². The molecule has 2 N–H and O–H groups in total. The van der Waals surface area contributed by atoms with Gasteiger partial charge in [-0.2, -0.15) is 0 Å². The van der Waals surface area contributed by atoms with E-state index in [0.29, 0.717) is 13.2 Å². The number of para-hydroxylation sites is 2. The normalized spacial score (nSPS) is 13.2. The second-order valence-electron chi connectivity index (χ2n) is 3.49. The van der Waals surface area contributed by atoms with Crippen LogP contribution in [0.1, 0.15) is 6.04 Å². The van der Waals surface area contributed by atoms with E-state index in [1.165, 1.54) is 0 Å². The lowest BCUT2D eigenvalue weighted by molar-refractivity contribution is 0.159. The van der Waals surface area contributed by atoms with Crippen molar-refractivity contribution in [2.24, 2.45) is 5.73 Å². The first kappa shape index (κ1) is 10.1. The molecule has 0 aliphatic heterocycles. The molecule has 0 bridgehead atoms. The van der Waals surface area contributed by atoms with Crippen molar-refractivity contribution in [2.75, 3.05) is 20.3 Å². The maximum atomic E-state index is 5.71. The Labute approximate surface area is 88.7 Å². The first-order valence-electron chi connectivity index (χ1n) is 4.97. The van der Waals surface area contributed by atoms with Gasteiger partial charge in [0.15, 0.2) is 0 Å². The smallest absolute Gasteiger partial charge is 0.0962 e. The minimum Gasteiger partial charge on any atom is -0.382 e. The summed E-state index contributed by atoms with van der Waals surface area (Å²) in [7, 11) is 1.68. The number of nitrogens with zero attached hydrogens (tertiary/aromatic N) is 2. The molecule has 1 heterocycles. The van der Waals surface area contributed by atoms with Crippen molar-refractivity contribution in [1.82, 2.24) is 9.55 Å². The van der Waals surface area contributed by atoms with Crippen LogP contribution in [-0.2, 0) is 4.74 Å². The third kappa shape index (κ3) is 1.86. The molecule has 0 amide bonds. The zero-order valence-corrected chi connectivity index (χ0v) is 8.76. The van der Waals surface area contributed by atoms with Gasteiger partial charge in [-0.05, 0) is 12.1 Å². The van der Waals surface area contributed by atoms with E-state index >= 15 is 0 Å². The number of ether oxygens (including phenoxy) is 1. The number of fused-ring (bicyclic) bond motifs is 1. The summed E-state index contributed by atoms with van der Waals surface area (Å²) in [5.74, 6) is 0. The Morgan fingerprint density at radius 2 is 2.27 bits per heavy atom. The first-order chi connectivity index (χ1) is 7.36. The van der Waals surface area contributed by atoms with Crippen molar-refractivity contribution >= 4 is 11.0 Å². The Kier molecular flexibility index (Phi) is 2.99. The molecule has 2 rings (SSSR count). The van der Waals surface area contributed by atoms with Gasteiger partial charge >= 0.3 is 0 Å². The minimum absolute atomic E-state index is 0.155. The average molecular weight is 205 g/mol. The van der Waals surface area contributed by atoms with E-state index < -0.39 is 0 Å². The molecule has 15 heavy (non-hydrogen) atoms. The lowest BCUT2D eigenvalue weighted by Crippen LogP contribution is -2.22. The van der Waals surface area contributed by atoms with Crippen LogP contribution in [-0.4, -0.2) is 29.8 Å². The number of imidazole rings is 1. The fourth-order valence-corrected chi connectivity index (χ4v) is 1.72. The molecule has 4 nitrogen and oxygen atoms in total. The van der Waals surface area contributed by atoms with Crippen molar-refractivity contribution < 1.29 is 4.74 Å². The van der Waals surface area contributed by atoms with Crippen molar-refractivity contribution in [3.63, 3.8) is 0 Å². The zero-order valence-electron chi connectivity index (χ0n) is 8.76. The fraction of sp³-hybridized carbons (Fsp3) is 0.364. The van der Waals surface area contributed by atoms with Gasteiger partial charge in [0.1, 0.15) is 0 Å². The summed E-state index contributed by atoms with van der Waals surface area (Å²) in [6.07, 6.45) is 1.82. The largest absolute Gasteiger partial charge is 0.382 e. The van der Waals surface area contributed by atoms with Crippen LogP contribution in [0.5, 0.6) is 0 Å². The predicted molar refractivity (Wildman–Crippen MR) is 59.7 cm³/mol. The Hall–Kier alpha value is -1.39. The molecule has 0 aliphatic carbocycles. The van der Waals surface area contributed by atoms with Crippen LogP contribution in [0.25, 0.3) is 11.0 Å². The predicted octanol–water partition coefficient (Wildman–Crippen LogP) is 1.18. The molecule has 4 heteroatoms. The molecule has 1 atom stereocenters. The Balaban J connectivity index is 2.41. The van der Waals surface area contributed by atoms with Gasteiger partial charge in [0, 0.05) is 13.7 Å². The Morgan fingerprint density at radius 1 is 1.47 bits per heavy atom. The van der Waals surface area contributed by atoms with Gasteiger partial charge in [-0.25, -0.2) is 4.98 Å². The molecule has 1 aromatic carbocycles. The number of aromatic nitrogens is 2. The van der Waals surface area contributed by atoms with Crippen molar-refractivity contribution in [2.45, 2.75) is 6.04 Å². The van der Waals surface area contributed by atoms with Gasteiger partial charge in [0.2, 0.25) is 0 Å². The van der Waals surface area contributed by atoms with Crippen LogP contribution in [0.4, 0.5) is 0 Å². The van der Waals surface area contributed by atoms with Crippen LogP contribution in [0.3, 0.4) is 0 Å². The fourth-order valence-electron chi connectivity index (χ4n) is 1.72. The highest BCUT2D eigenvalue weighted by molar-refractivity contribution is 5.75. The van der Waals surface area contributed by atoms with Crippen molar-refractivity contribution in [1.29, 1.82) is 0 Å². The van der Waals surface area contributed by atoms with E-state index in [0.717, 1.165) is 11.0 Å². The van der Waals surface area contributed by atoms with Crippen LogP contribution >= 0.6 is 0 Å². The zero-order chi connectivity index (χ0) is 10.7. The van der Waals surface area contributed by atoms with E-state index in [4.69, 9.17) is 10.5 Å². The van der Waals surface area contributed by atoms with Gasteiger partial charge in [-0.3, -0.25) is 0 Å². The molecule has 0 radical (unpaired) electrons. The molecular formula is C11H15N3O. The highest BCUT2D eigenvalue weighted by Crippen LogP contribution is 2.16. The van der Waals surface area contributed by atoms with E-state index in [9.17, 15) is 0 Å². The topological polar surface area (TPSA) is 53.1 Å². The highest BCUT2D eigenvalue weighted by Gasteiger charge is 2.11. The van der Waals surface area contributed by atoms with Crippen LogP contribution < -0.4 is 5.73 Å². The number of nitrogens with two attached hydrogens (primary N) is 1. The molecule has 0 saturated carbocycles. The van der Waals surface area contributed by atoms with Gasteiger partial charge in [0.25, 0.3) is 0 Å². The number of methoxy groups -OCH3 is 1. The summed E-state index contributed by atoms with van der Waals surface area (Å²) >= 11 is 0. The van der Waals surface area contributed by atoms with Crippen LogP contribution in [0.2, 0.25) is 0 Å². The van der Waals surface area contributed by atoms with Gasteiger partial charge in [-0.1, -0.05) is 12.1 Å². The van der Waals surface area contributed by atoms with E-state index in [2.05, 4.69) is 9.55 Å². The molecule has 0 aliphatic rings. The molecule has 0 saturated heterocycles. The summed E-state index contributed by atoms with van der Waals surface area (Å²) in [4.78, 5) is 4.32. The second kappa shape index (κ2) is 4.42. The second-order valence-corrected chi connectivity index (χ2v) is 3.49. The van der Waals surface area contributed by atoms with Crippen molar-refractivity contribution in [3.05, 3.63) is 30.6 Å². The summed E-state index contributed by atoms with van der Waals surface area (Å²) in [5.41, 5.74) is 7.81. The molecule has 1 aromatic heterocycles. The van der Waals surface area contributed by atoms with Crippen LogP contribution in [0, 0.1) is 0 Å². The lowest BCUT2D eigenvalue weighted by Gasteiger charge is -2.16. The Morgan fingerprint density at radius 3 is 3.00 bits per heavy atom. The number of benzene rings is 1. The number of hydrogen-bond acceptors (Lipinski definition) is 3. The average Bonchev–Trinajstić information content (AvgIpc) is 2.70. The lowest BCUT2D eigenvalue weighted by atomic mass is 10.2. The molecule has 1 unspecified atom stereocenters. The number of rotatable bonds is 4. The van der Waals surface area contributed by atoms with E-state index in [1.54, 1.807) is 7.11 Å². The monoisotopic (exact) mass is 205 g/mol. The summed E-state index contributed by atoms with van der Waals surface area (Å²) in [5, 5.41) is 0. The molecule has 0 spiro atoms.